The molecule has 160 valence electrons. The molecule has 0 aliphatic carbocycles. The molecule has 2 aromatic heterocycles. The third-order valence-corrected chi connectivity index (χ3v) is 5.13. The Morgan fingerprint density at radius 1 is 1.03 bits per heavy atom. The predicted molar refractivity (Wildman–Crippen MR) is 108 cm³/mol. The summed E-state index contributed by atoms with van der Waals surface area (Å²) in [5, 5.41) is 11.4. The van der Waals surface area contributed by atoms with Gasteiger partial charge in [0.25, 0.3) is 0 Å². The fraction of sp³-hybridized carbons (Fsp3) is 0.316. The summed E-state index contributed by atoms with van der Waals surface area (Å²) in [6, 6.07) is 7.92. The van der Waals surface area contributed by atoms with Crippen LogP contribution in [0.5, 0.6) is 0 Å². The third-order valence-electron chi connectivity index (χ3n) is 4.39. The van der Waals surface area contributed by atoms with Gasteiger partial charge in [0.2, 0.25) is 5.91 Å². The molecular formula is C19H18Cl2F3N5O. The molecule has 0 spiro atoms. The molecule has 0 aliphatic rings. The number of anilines is 1. The minimum absolute atomic E-state index is 0.0245. The molecule has 11 heteroatoms. The SMILES string of the molecule is Cc1cc(NC(=O)CCn2nc(C(F)(F)F)cc2C)nn1Cc1ccc(Cl)c(Cl)c1. The Labute approximate surface area is 180 Å². The Balaban J connectivity index is 1.60. The maximum Gasteiger partial charge on any atom is 0.435 e. The van der Waals surface area contributed by atoms with Crippen molar-refractivity contribution in [3.05, 3.63) is 63.0 Å². The van der Waals surface area contributed by atoms with Gasteiger partial charge in [-0.05, 0) is 37.6 Å². The number of halogens is 5. The van der Waals surface area contributed by atoms with Crippen molar-refractivity contribution in [1.29, 1.82) is 0 Å². The molecule has 6 nitrogen and oxygen atoms in total. The maximum atomic E-state index is 12.7. The van der Waals surface area contributed by atoms with E-state index in [1.807, 2.05) is 13.0 Å². The number of aryl methyl sites for hydroxylation is 3. The van der Waals surface area contributed by atoms with Crippen LogP contribution in [0.3, 0.4) is 0 Å². The molecule has 30 heavy (non-hydrogen) atoms. The number of alkyl halides is 3. The van der Waals surface area contributed by atoms with Crippen molar-refractivity contribution in [2.45, 2.75) is 39.5 Å². The van der Waals surface area contributed by atoms with Crippen LogP contribution in [0, 0.1) is 13.8 Å². The zero-order valence-corrected chi connectivity index (χ0v) is 17.6. The number of carbonyl (C=O) groups excluding carboxylic acids is 1. The second kappa shape index (κ2) is 8.69. The zero-order valence-electron chi connectivity index (χ0n) is 16.1. The van der Waals surface area contributed by atoms with E-state index >= 15 is 0 Å². The van der Waals surface area contributed by atoms with Crippen LogP contribution >= 0.6 is 23.2 Å². The monoisotopic (exact) mass is 459 g/mol. The minimum Gasteiger partial charge on any atom is -0.309 e. The summed E-state index contributed by atoms with van der Waals surface area (Å²) in [5.74, 6) is -0.0247. The van der Waals surface area contributed by atoms with Gasteiger partial charge in [-0.2, -0.15) is 23.4 Å². The largest absolute Gasteiger partial charge is 0.435 e. The number of hydrogen-bond acceptors (Lipinski definition) is 3. The van der Waals surface area contributed by atoms with Gasteiger partial charge in [-0.25, -0.2) is 0 Å². The average Bonchev–Trinajstić information content (AvgIpc) is 3.19. The molecule has 1 amide bonds. The van der Waals surface area contributed by atoms with E-state index in [4.69, 9.17) is 23.2 Å². The topological polar surface area (TPSA) is 64.7 Å². The molecule has 3 aromatic rings. The van der Waals surface area contributed by atoms with Gasteiger partial charge in [-0.3, -0.25) is 14.2 Å². The van der Waals surface area contributed by atoms with Crippen LogP contribution in [0.4, 0.5) is 19.0 Å². The Kier molecular flexibility index (Phi) is 6.42. The van der Waals surface area contributed by atoms with E-state index in [0.717, 1.165) is 22.0 Å². The van der Waals surface area contributed by atoms with Gasteiger partial charge < -0.3 is 5.32 Å². The van der Waals surface area contributed by atoms with Gasteiger partial charge in [0.15, 0.2) is 11.5 Å². The van der Waals surface area contributed by atoms with Gasteiger partial charge >= 0.3 is 6.18 Å². The van der Waals surface area contributed by atoms with Crippen molar-refractivity contribution in [2.75, 3.05) is 5.32 Å². The predicted octanol–water partition coefficient (Wildman–Crippen LogP) is 5.10. The fourth-order valence-electron chi connectivity index (χ4n) is 2.83. The van der Waals surface area contributed by atoms with Crippen molar-refractivity contribution in [3.63, 3.8) is 0 Å². The lowest BCUT2D eigenvalue weighted by Gasteiger charge is -2.06. The van der Waals surface area contributed by atoms with Gasteiger partial charge in [-0.1, -0.05) is 29.3 Å². The van der Waals surface area contributed by atoms with E-state index in [1.54, 1.807) is 22.9 Å². The molecule has 0 fully saturated rings. The van der Waals surface area contributed by atoms with Crippen molar-refractivity contribution < 1.29 is 18.0 Å². The molecule has 1 aromatic carbocycles. The number of aromatic nitrogens is 4. The number of nitrogens with one attached hydrogen (secondary N) is 1. The summed E-state index contributed by atoms with van der Waals surface area (Å²) < 4.78 is 41.0. The Morgan fingerprint density at radius 2 is 1.73 bits per heavy atom. The number of hydrogen-bond donors (Lipinski definition) is 1. The number of nitrogens with zero attached hydrogens (tertiary/aromatic N) is 4. The molecule has 0 atom stereocenters. The van der Waals surface area contributed by atoms with E-state index in [9.17, 15) is 18.0 Å². The third kappa shape index (κ3) is 5.34. The van der Waals surface area contributed by atoms with E-state index in [2.05, 4.69) is 15.5 Å². The molecule has 0 bridgehead atoms. The molecular weight excluding hydrogens is 442 g/mol. The van der Waals surface area contributed by atoms with Crippen molar-refractivity contribution >= 4 is 34.9 Å². The number of amides is 1. The molecule has 0 aliphatic heterocycles. The van der Waals surface area contributed by atoms with Gasteiger partial charge in [0.1, 0.15) is 0 Å². The highest BCUT2D eigenvalue weighted by molar-refractivity contribution is 6.42. The molecule has 1 N–H and O–H groups in total. The maximum absolute atomic E-state index is 12.7. The van der Waals surface area contributed by atoms with Crippen LogP contribution < -0.4 is 5.32 Å². The van der Waals surface area contributed by atoms with E-state index in [0.29, 0.717) is 28.1 Å². The molecule has 2 heterocycles. The molecule has 0 unspecified atom stereocenters. The van der Waals surface area contributed by atoms with Crippen LogP contribution in [0.15, 0.2) is 30.3 Å². The van der Waals surface area contributed by atoms with E-state index in [1.165, 1.54) is 6.92 Å². The first-order valence-electron chi connectivity index (χ1n) is 8.93. The second-order valence-corrected chi connectivity index (χ2v) is 7.58. The first-order chi connectivity index (χ1) is 14.0. The molecule has 0 saturated carbocycles. The van der Waals surface area contributed by atoms with Crippen LogP contribution in [0.1, 0.15) is 29.1 Å². The first-order valence-corrected chi connectivity index (χ1v) is 9.68. The normalized spacial score (nSPS) is 11.7. The smallest absolute Gasteiger partial charge is 0.309 e. The van der Waals surface area contributed by atoms with Crippen molar-refractivity contribution in [1.82, 2.24) is 19.6 Å². The van der Waals surface area contributed by atoms with E-state index < -0.39 is 11.9 Å². The second-order valence-electron chi connectivity index (χ2n) is 6.77. The highest BCUT2D eigenvalue weighted by Crippen LogP contribution is 2.28. The van der Waals surface area contributed by atoms with Crippen LogP contribution in [-0.4, -0.2) is 25.5 Å². The Bertz CT molecular complexity index is 1070. The molecule has 0 saturated heterocycles. The quantitative estimate of drug-likeness (QED) is 0.557. The highest BCUT2D eigenvalue weighted by atomic mass is 35.5. The fourth-order valence-corrected chi connectivity index (χ4v) is 3.15. The van der Waals surface area contributed by atoms with Crippen LogP contribution in [-0.2, 0) is 24.1 Å². The Morgan fingerprint density at radius 3 is 2.37 bits per heavy atom. The van der Waals surface area contributed by atoms with E-state index in [-0.39, 0.29) is 18.9 Å². The lowest BCUT2D eigenvalue weighted by atomic mass is 10.2. The molecule has 0 radical (unpaired) electrons. The van der Waals surface area contributed by atoms with Gasteiger partial charge in [0.05, 0.1) is 16.6 Å². The van der Waals surface area contributed by atoms with Crippen molar-refractivity contribution in [2.24, 2.45) is 0 Å². The standard InChI is InChI=1S/C19H18Cl2F3N5O/c1-11-7-16(19(22,23)24)26-28(11)6-5-18(30)25-17-8-12(2)29(27-17)10-13-3-4-14(20)15(21)9-13/h3-4,7-9H,5-6,10H2,1-2H3,(H,25,27,30). The van der Waals surface area contributed by atoms with Gasteiger partial charge in [0, 0.05) is 30.4 Å². The van der Waals surface area contributed by atoms with Gasteiger partial charge in [-0.15, -0.1) is 0 Å². The summed E-state index contributed by atoms with van der Waals surface area (Å²) in [7, 11) is 0. The highest BCUT2D eigenvalue weighted by Gasteiger charge is 2.34. The zero-order chi connectivity index (χ0) is 22.1. The summed E-state index contributed by atoms with van der Waals surface area (Å²) >= 11 is 11.9. The summed E-state index contributed by atoms with van der Waals surface area (Å²) in [6.07, 6.45) is -4.56. The first kappa shape index (κ1) is 22.2. The van der Waals surface area contributed by atoms with Crippen LogP contribution in [0.2, 0.25) is 10.0 Å². The Hall–Kier alpha value is -2.52. The van der Waals surface area contributed by atoms with Crippen LogP contribution in [0.25, 0.3) is 0 Å². The lowest BCUT2D eigenvalue weighted by Crippen LogP contribution is -2.16. The lowest BCUT2D eigenvalue weighted by molar-refractivity contribution is -0.141. The minimum atomic E-state index is -4.52. The average molecular weight is 460 g/mol. The summed E-state index contributed by atoms with van der Waals surface area (Å²) in [6.45, 7) is 3.81. The number of rotatable bonds is 6. The number of carbonyl (C=O) groups is 1. The molecule has 3 rings (SSSR count). The van der Waals surface area contributed by atoms with Crippen molar-refractivity contribution in [3.8, 4) is 0 Å². The number of benzene rings is 1. The summed E-state index contributed by atoms with van der Waals surface area (Å²) in [5.41, 5.74) is 1.06. The summed E-state index contributed by atoms with van der Waals surface area (Å²) in [4.78, 5) is 12.2.